The van der Waals surface area contributed by atoms with E-state index in [0.29, 0.717) is 60.7 Å². The molecule has 1 fully saturated rings. The summed E-state index contributed by atoms with van der Waals surface area (Å²) in [5.41, 5.74) is 3.58. The summed E-state index contributed by atoms with van der Waals surface area (Å²) in [7, 11) is 3.91. The Kier molecular flexibility index (Phi) is 8.53. The standard InChI is InChI=1S/C29H35N5O5/c1-29(2,3)39-28(36)34-12-10-23(11-13-34)37-18-25(35)31-22-8-6-20(7-9-22)27-32-24-15-19(16-30)14-21(17-33(4)5)26(24)38-27/h6-9,14-15,23H,10-13,17-18H2,1-5H3,(H,31,35). The Labute approximate surface area is 228 Å². The second-order valence-electron chi connectivity index (χ2n) is 11.0. The van der Waals surface area contributed by atoms with Crippen LogP contribution in [0.3, 0.4) is 0 Å². The molecule has 206 valence electrons. The van der Waals surface area contributed by atoms with Crippen LogP contribution in [0.5, 0.6) is 0 Å². The van der Waals surface area contributed by atoms with E-state index in [4.69, 9.17) is 13.9 Å². The first-order valence-corrected chi connectivity index (χ1v) is 13.0. The van der Waals surface area contributed by atoms with Gasteiger partial charge in [0.15, 0.2) is 5.58 Å². The largest absolute Gasteiger partial charge is 0.444 e. The van der Waals surface area contributed by atoms with Crippen molar-refractivity contribution in [2.75, 3.05) is 39.1 Å². The number of carbonyl (C=O) groups is 2. The molecule has 1 N–H and O–H groups in total. The molecule has 2 aromatic carbocycles. The second-order valence-corrected chi connectivity index (χ2v) is 11.0. The summed E-state index contributed by atoms with van der Waals surface area (Å²) >= 11 is 0. The number of fused-ring (bicyclic) bond motifs is 1. The third kappa shape index (κ3) is 7.56. The Hall–Kier alpha value is -3.94. The molecular formula is C29H35N5O5. The van der Waals surface area contributed by atoms with E-state index in [9.17, 15) is 14.9 Å². The van der Waals surface area contributed by atoms with E-state index >= 15 is 0 Å². The highest BCUT2D eigenvalue weighted by molar-refractivity contribution is 5.92. The summed E-state index contributed by atoms with van der Waals surface area (Å²) in [6.45, 7) is 7.15. The molecule has 1 aliphatic heterocycles. The molecule has 2 heterocycles. The summed E-state index contributed by atoms with van der Waals surface area (Å²) in [5.74, 6) is 0.190. The fourth-order valence-corrected chi connectivity index (χ4v) is 4.37. The molecule has 10 nitrogen and oxygen atoms in total. The maximum absolute atomic E-state index is 12.5. The predicted octanol–water partition coefficient (Wildman–Crippen LogP) is 4.78. The van der Waals surface area contributed by atoms with Crippen molar-refractivity contribution in [1.82, 2.24) is 14.8 Å². The van der Waals surface area contributed by atoms with Gasteiger partial charge in [-0.05, 0) is 84.1 Å². The third-order valence-corrected chi connectivity index (χ3v) is 6.14. The minimum atomic E-state index is -0.527. The van der Waals surface area contributed by atoms with E-state index < -0.39 is 5.60 Å². The topological polar surface area (TPSA) is 121 Å². The molecule has 0 radical (unpaired) electrons. The number of piperidine rings is 1. The predicted molar refractivity (Wildman–Crippen MR) is 147 cm³/mol. The van der Waals surface area contributed by atoms with Gasteiger partial charge in [0.1, 0.15) is 17.7 Å². The Morgan fingerprint density at radius 3 is 2.49 bits per heavy atom. The molecule has 0 saturated carbocycles. The second kappa shape index (κ2) is 11.8. The monoisotopic (exact) mass is 533 g/mol. The SMILES string of the molecule is CN(C)Cc1cc(C#N)cc2nc(-c3ccc(NC(=O)COC4CCN(C(=O)OC(C)(C)C)CC4)cc3)oc12. The molecule has 39 heavy (non-hydrogen) atoms. The summed E-state index contributed by atoms with van der Waals surface area (Å²) in [6, 6.07) is 12.9. The van der Waals surface area contributed by atoms with Crippen molar-refractivity contribution >= 4 is 28.8 Å². The quantitative estimate of drug-likeness (QED) is 0.461. The van der Waals surface area contributed by atoms with Crippen molar-refractivity contribution in [3.8, 4) is 17.5 Å². The van der Waals surface area contributed by atoms with E-state index in [1.807, 2.05) is 58.0 Å². The Balaban J connectivity index is 1.30. The Bertz CT molecular complexity index is 1360. The van der Waals surface area contributed by atoms with E-state index in [-0.39, 0.29) is 24.7 Å². The van der Waals surface area contributed by atoms with Crippen LogP contribution in [-0.2, 0) is 20.8 Å². The van der Waals surface area contributed by atoms with E-state index in [0.717, 1.165) is 11.1 Å². The first-order chi connectivity index (χ1) is 18.5. The van der Waals surface area contributed by atoms with Crippen LogP contribution >= 0.6 is 0 Å². The van der Waals surface area contributed by atoms with Crippen molar-refractivity contribution in [3.05, 3.63) is 47.5 Å². The third-order valence-electron chi connectivity index (χ3n) is 6.14. The van der Waals surface area contributed by atoms with Gasteiger partial charge in [0, 0.05) is 36.4 Å². The molecule has 0 atom stereocenters. The Morgan fingerprint density at radius 2 is 1.87 bits per heavy atom. The highest BCUT2D eigenvalue weighted by Crippen LogP contribution is 2.29. The van der Waals surface area contributed by atoms with Crippen LogP contribution in [0.2, 0.25) is 0 Å². The van der Waals surface area contributed by atoms with Crippen LogP contribution in [0.4, 0.5) is 10.5 Å². The molecule has 3 aromatic rings. The van der Waals surface area contributed by atoms with Crippen LogP contribution in [0.1, 0.15) is 44.7 Å². The first kappa shape index (κ1) is 28.1. The van der Waals surface area contributed by atoms with Gasteiger partial charge in [0.2, 0.25) is 11.8 Å². The van der Waals surface area contributed by atoms with Crippen molar-refractivity contribution in [1.29, 1.82) is 5.26 Å². The number of likely N-dealkylation sites (tertiary alicyclic amines) is 1. The van der Waals surface area contributed by atoms with E-state index in [1.54, 1.807) is 23.1 Å². The highest BCUT2D eigenvalue weighted by atomic mass is 16.6. The maximum atomic E-state index is 12.5. The molecule has 1 aliphatic rings. The molecule has 4 rings (SSSR count). The summed E-state index contributed by atoms with van der Waals surface area (Å²) in [5, 5.41) is 12.2. The van der Waals surface area contributed by atoms with E-state index in [1.165, 1.54) is 0 Å². The number of amides is 2. The van der Waals surface area contributed by atoms with Crippen LogP contribution in [0, 0.1) is 11.3 Å². The molecule has 0 aliphatic carbocycles. The molecule has 1 saturated heterocycles. The molecule has 1 aromatic heterocycles. The highest BCUT2D eigenvalue weighted by Gasteiger charge is 2.27. The van der Waals surface area contributed by atoms with Gasteiger partial charge in [0.05, 0.1) is 17.7 Å². The van der Waals surface area contributed by atoms with Gasteiger partial charge in [-0.15, -0.1) is 0 Å². The number of rotatable bonds is 7. The van der Waals surface area contributed by atoms with Crippen molar-refractivity contribution < 1.29 is 23.5 Å². The van der Waals surface area contributed by atoms with Gasteiger partial charge in [-0.25, -0.2) is 9.78 Å². The maximum Gasteiger partial charge on any atom is 0.410 e. The first-order valence-electron chi connectivity index (χ1n) is 13.0. The minimum absolute atomic E-state index is 0.0696. The number of hydrogen-bond donors (Lipinski definition) is 1. The van der Waals surface area contributed by atoms with Gasteiger partial charge in [-0.3, -0.25) is 4.79 Å². The number of aromatic nitrogens is 1. The van der Waals surface area contributed by atoms with Gasteiger partial charge >= 0.3 is 6.09 Å². The number of anilines is 1. The normalized spacial score (nSPS) is 14.4. The molecular weight excluding hydrogens is 498 g/mol. The van der Waals surface area contributed by atoms with Crippen molar-refractivity contribution in [2.24, 2.45) is 0 Å². The smallest absolute Gasteiger partial charge is 0.410 e. The average molecular weight is 534 g/mol. The zero-order valence-electron chi connectivity index (χ0n) is 23.1. The van der Waals surface area contributed by atoms with Gasteiger partial charge in [-0.2, -0.15) is 5.26 Å². The van der Waals surface area contributed by atoms with Gasteiger partial charge in [-0.1, -0.05) is 0 Å². The van der Waals surface area contributed by atoms with Crippen LogP contribution in [0.15, 0.2) is 40.8 Å². The average Bonchev–Trinajstić information content (AvgIpc) is 3.31. The van der Waals surface area contributed by atoms with E-state index in [2.05, 4.69) is 16.4 Å². The number of hydrogen-bond acceptors (Lipinski definition) is 8. The number of nitrogens with one attached hydrogen (secondary N) is 1. The lowest BCUT2D eigenvalue weighted by Crippen LogP contribution is -2.43. The summed E-state index contributed by atoms with van der Waals surface area (Å²) < 4.78 is 17.3. The number of nitriles is 1. The van der Waals surface area contributed by atoms with Crippen molar-refractivity contribution in [3.63, 3.8) is 0 Å². The summed E-state index contributed by atoms with van der Waals surface area (Å²) in [6.07, 6.45) is 0.895. The number of oxazole rings is 1. The van der Waals surface area contributed by atoms with Gasteiger partial charge in [0.25, 0.3) is 0 Å². The minimum Gasteiger partial charge on any atom is -0.444 e. The lowest BCUT2D eigenvalue weighted by atomic mass is 10.1. The van der Waals surface area contributed by atoms with Crippen molar-refractivity contribution in [2.45, 2.75) is 51.9 Å². The fourth-order valence-electron chi connectivity index (χ4n) is 4.37. The van der Waals surface area contributed by atoms with Crippen LogP contribution in [0.25, 0.3) is 22.6 Å². The number of benzene rings is 2. The number of ether oxygens (including phenoxy) is 2. The lowest BCUT2D eigenvalue weighted by Gasteiger charge is -2.33. The zero-order valence-corrected chi connectivity index (χ0v) is 23.1. The van der Waals surface area contributed by atoms with Crippen LogP contribution in [-0.4, -0.2) is 72.3 Å². The molecule has 0 spiro atoms. The molecule has 0 unspecified atom stereocenters. The number of carbonyl (C=O) groups excluding carboxylic acids is 2. The number of nitrogens with zero attached hydrogens (tertiary/aromatic N) is 4. The lowest BCUT2D eigenvalue weighted by molar-refractivity contribution is -0.123. The van der Waals surface area contributed by atoms with Crippen LogP contribution < -0.4 is 5.32 Å². The summed E-state index contributed by atoms with van der Waals surface area (Å²) in [4.78, 5) is 32.9. The van der Waals surface area contributed by atoms with Gasteiger partial charge < -0.3 is 29.0 Å². The molecule has 10 heteroatoms. The fraction of sp³-hybridized carbons (Fsp3) is 0.448. The molecule has 0 bridgehead atoms. The zero-order chi connectivity index (χ0) is 28.2. The molecule has 2 amide bonds. The Morgan fingerprint density at radius 1 is 1.18 bits per heavy atom.